The first-order valence-electron chi connectivity index (χ1n) is 5.46. The van der Waals surface area contributed by atoms with E-state index in [1.807, 2.05) is 0 Å². The van der Waals surface area contributed by atoms with Gasteiger partial charge in [0.15, 0.2) is 0 Å². The van der Waals surface area contributed by atoms with Crippen molar-refractivity contribution in [3.05, 3.63) is 35.4 Å². The van der Waals surface area contributed by atoms with E-state index in [2.05, 4.69) is 9.99 Å². The lowest BCUT2D eigenvalue weighted by molar-refractivity contribution is -0.137. The van der Waals surface area contributed by atoms with Crippen molar-refractivity contribution in [2.75, 3.05) is 21.3 Å². The van der Waals surface area contributed by atoms with Crippen LogP contribution in [-0.2, 0) is 36.4 Å². The Morgan fingerprint density at radius 1 is 1.14 bits per heavy atom. The number of hydrogen-bond donors (Lipinski definition) is 0. The fourth-order valence-corrected chi connectivity index (χ4v) is 2.22. The highest BCUT2D eigenvalue weighted by Crippen LogP contribution is 2.49. The molecule has 10 heteroatoms. The summed E-state index contributed by atoms with van der Waals surface area (Å²) in [5.41, 5.74) is -1.26. The van der Waals surface area contributed by atoms with Gasteiger partial charge in [0.1, 0.15) is 7.11 Å². The van der Waals surface area contributed by atoms with E-state index in [9.17, 15) is 13.2 Å². The molecule has 0 heterocycles. The van der Waals surface area contributed by atoms with Gasteiger partial charge in [-0.2, -0.15) is 13.2 Å². The number of halogens is 3. The van der Waals surface area contributed by atoms with E-state index in [-0.39, 0.29) is 5.56 Å². The highest BCUT2D eigenvalue weighted by molar-refractivity contribution is 8.07. The fourth-order valence-electron chi connectivity index (χ4n) is 1.37. The average Bonchev–Trinajstić information content (AvgIpc) is 2.46. The van der Waals surface area contributed by atoms with E-state index in [1.165, 1.54) is 39.5 Å². The van der Waals surface area contributed by atoms with Gasteiger partial charge in [0.2, 0.25) is 0 Å². The molecule has 0 aliphatic carbocycles. The standard InChI is InChI=1S/C11H13F3NO4PS/c1-16-15-10(19-20(21,17-2)18-3)8-6-4-5-7-9(8)11(12,13)14/h4-7H,1-3H3. The lowest BCUT2D eigenvalue weighted by atomic mass is 10.1. The first-order chi connectivity index (χ1) is 9.77. The highest BCUT2D eigenvalue weighted by atomic mass is 32.5. The van der Waals surface area contributed by atoms with E-state index in [0.29, 0.717) is 0 Å². The summed E-state index contributed by atoms with van der Waals surface area (Å²) in [7, 11) is 3.62. The van der Waals surface area contributed by atoms with Crippen molar-refractivity contribution >= 4 is 24.4 Å². The Morgan fingerprint density at radius 2 is 1.71 bits per heavy atom. The second-order valence-electron chi connectivity index (χ2n) is 3.53. The smallest absolute Gasteiger partial charge is 0.402 e. The summed E-state index contributed by atoms with van der Waals surface area (Å²) in [6, 6.07) is 4.74. The maximum atomic E-state index is 13.0. The molecule has 0 unspecified atom stereocenters. The SMILES string of the molecule is CON=C(OP(=S)(OC)OC)c1ccccc1C(F)(F)F. The van der Waals surface area contributed by atoms with Gasteiger partial charge in [-0.3, -0.25) is 0 Å². The molecule has 0 saturated heterocycles. The number of alkyl halides is 3. The minimum Gasteiger partial charge on any atom is -0.402 e. The molecule has 0 N–H and O–H groups in total. The molecular formula is C11H13F3NO4PS. The zero-order valence-corrected chi connectivity index (χ0v) is 13.1. The fraction of sp³-hybridized carbons (Fsp3) is 0.364. The van der Waals surface area contributed by atoms with Gasteiger partial charge in [0.25, 0.3) is 5.90 Å². The van der Waals surface area contributed by atoms with Crippen LogP contribution in [0.2, 0.25) is 0 Å². The number of nitrogens with zero attached hydrogens (tertiary/aromatic N) is 1. The van der Waals surface area contributed by atoms with Crippen LogP contribution in [0.5, 0.6) is 0 Å². The van der Waals surface area contributed by atoms with Crippen molar-refractivity contribution in [2.24, 2.45) is 5.16 Å². The summed E-state index contributed by atoms with van der Waals surface area (Å²) in [4.78, 5) is 4.52. The van der Waals surface area contributed by atoms with Crippen molar-refractivity contribution in [1.29, 1.82) is 0 Å². The summed E-state index contributed by atoms with van der Waals surface area (Å²) in [6.07, 6.45) is -4.59. The molecule has 0 aliphatic heterocycles. The third kappa shape index (κ3) is 4.67. The monoisotopic (exact) mass is 343 g/mol. The Morgan fingerprint density at radius 3 is 2.19 bits per heavy atom. The van der Waals surface area contributed by atoms with Gasteiger partial charge in [0, 0.05) is 26.0 Å². The second-order valence-corrected chi connectivity index (χ2v) is 6.67. The van der Waals surface area contributed by atoms with Crippen LogP contribution in [0.3, 0.4) is 0 Å². The molecule has 21 heavy (non-hydrogen) atoms. The maximum absolute atomic E-state index is 13.0. The summed E-state index contributed by atoms with van der Waals surface area (Å²) >= 11 is 4.96. The van der Waals surface area contributed by atoms with Crippen LogP contribution in [0.1, 0.15) is 11.1 Å². The van der Waals surface area contributed by atoms with E-state index >= 15 is 0 Å². The van der Waals surface area contributed by atoms with Gasteiger partial charge in [-0.25, -0.2) is 0 Å². The quantitative estimate of drug-likeness (QED) is 0.354. The van der Waals surface area contributed by atoms with Crippen LogP contribution in [0.25, 0.3) is 0 Å². The van der Waals surface area contributed by atoms with Gasteiger partial charge in [-0.05, 0) is 17.3 Å². The van der Waals surface area contributed by atoms with E-state index in [1.54, 1.807) is 0 Å². The molecule has 0 atom stereocenters. The predicted molar refractivity (Wildman–Crippen MR) is 74.4 cm³/mol. The van der Waals surface area contributed by atoms with Crippen LogP contribution in [0, 0.1) is 0 Å². The number of hydrogen-bond acceptors (Lipinski definition) is 6. The third-order valence-electron chi connectivity index (χ3n) is 2.28. The van der Waals surface area contributed by atoms with E-state index in [0.717, 1.165) is 6.07 Å². The Hall–Kier alpha value is -1.15. The third-order valence-corrected chi connectivity index (χ3v) is 4.69. The lowest BCUT2D eigenvalue weighted by Gasteiger charge is -2.20. The van der Waals surface area contributed by atoms with Crippen molar-refractivity contribution in [1.82, 2.24) is 0 Å². The van der Waals surface area contributed by atoms with Crippen LogP contribution in [-0.4, -0.2) is 27.2 Å². The Labute approximate surface area is 124 Å². The van der Waals surface area contributed by atoms with Gasteiger partial charge in [-0.15, -0.1) is 0 Å². The van der Waals surface area contributed by atoms with E-state index < -0.39 is 24.4 Å². The minimum atomic E-state index is -4.59. The largest absolute Gasteiger partial charge is 0.417 e. The zero-order valence-electron chi connectivity index (χ0n) is 11.4. The lowest BCUT2D eigenvalue weighted by Crippen LogP contribution is -2.16. The van der Waals surface area contributed by atoms with Gasteiger partial charge < -0.3 is 18.4 Å². The summed E-state index contributed by atoms with van der Waals surface area (Å²) in [6.45, 7) is -3.25. The van der Waals surface area contributed by atoms with Crippen molar-refractivity contribution < 1.29 is 31.6 Å². The van der Waals surface area contributed by atoms with Crippen molar-refractivity contribution in [2.45, 2.75) is 6.18 Å². The molecule has 1 rings (SSSR count). The molecule has 0 aliphatic rings. The molecule has 0 saturated carbocycles. The summed E-state index contributed by atoms with van der Waals surface area (Å²) in [5, 5.41) is 3.45. The number of rotatable bonds is 5. The first kappa shape index (κ1) is 17.9. The molecule has 5 nitrogen and oxygen atoms in total. The Balaban J connectivity index is 3.32. The topological polar surface area (TPSA) is 49.3 Å². The Bertz CT molecular complexity index is 557. The maximum Gasteiger partial charge on any atom is 0.417 e. The first-order valence-corrected chi connectivity index (χ1v) is 8.02. The van der Waals surface area contributed by atoms with Crippen LogP contribution in [0.4, 0.5) is 13.2 Å². The molecule has 0 bridgehead atoms. The summed E-state index contributed by atoms with van der Waals surface area (Å²) < 4.78 is 54.0. The molecule has 0 fully saturated rings. The second kappa shape index (κ2) is 7.22. The highest BCUT2D eigenvalue weighted by Gasteiger charge is 2.36. The number of benzene rings is 1. The molecule has 118 valence electrons. The molecule has 0 aromatic heterocycles. The van der Waals surface area contributed by atoms with E-state index in [4.69, 9.17) is 25.4 Å². The number of oxime groups is 1. The summed E-state index contributed by atoms with van der Waals surface area (Å²) in [5.74, 6) is -0.461. The predicted octanol–water partition coefficient (Wildman–Crippen LogP) is 3.55. The average molecular weight is 343 g/mol. The van der Waals surface area contributed by atoms with Gasteiger partial charge in [0.05, 0.1) is 11.1 Å². The molecule has 1 aromatic rings. The normalized spacial score (nSPS) is 13.1. The zero-order chi connectivity index (χ0) is 16.1. The molecule has 0 amide bonds. The van der Waals surface area contributed by atoms with Gasteiger partial charge >= 0.3 is 12.9 Å². The Kier molecular flexibility index (Phi) is 6.15. The van der Waals surface area contributed by atoms with Crippen molar-refractivity contribution in [3.63, 3.8) is 0 Å². The van der Waals surface area contributed by atoms with Crippen LogP contribution in [0.15, 0.2) is 29.4 Å². The van der Waals surface area contributed by atoms with Crippen LogP contribution >= 0.6 is 6.72 Å². The van der Waals surface area contributed by atoms with Gasteiger partial charge in [-0.1, -0.05) is 12.1 Å². The van der Waals surface area contributed by atoms with Crippen molar-refractivity contribution in [3.8, 4) is 0 Å². The minimum absolute atomic E-state index is 0.324. The molecule has 0 spiro atoms. The van der Waals surface area contributed by atoms with Crippen LogP contribution < -0.4 is 0 Å². The molecular weight excluding hydrogens is 330 g/mol. The molecule has 0 radical (unpaired) electrons. The molecule has 1 aromatic carbocycles.